The van der Waals surface area contributed by atoms with Gasteiger partial charge in [0.25, 0.3) is 0 Å². The fourth-order valence-corrected chi connectivity index (χ4v) is 1.62. The van der Waals surface area contributed by atoms with Crippen LogP contribution in [0.15, 0.2) is 24.3 Å². The fourth-order valence-electron chi connectivity index (χ4n) is 1.62. The third kappa shape index (κ3) is 1.58. The van der Waals surface area contributed by atoms with Gasteiger partial charge in [-0.25, -0.2) is 9.59 Å². The number of cyclic esters (lactones) is 1. The van der Waals surface area contributed by atoms with Gasteiger partial charge in [-0.05, 0) is 12.5 Å². The van der Waals surface area contributed by atoms with E-state index in [2.05, 4.69) is 4.74 Å². The summed E-state index contributed by atoms with van der Waals surface area (Å²) >= 11 is 0. The molecule has 4 heteroatoms. The number of hydrogen-bond donors (Lipinski definition) is 0. The van der Waals surface area contributed by atoms with Crippen LogP contribution in [0.1, 0.15) is 21.5 Å². The lowest BCUT2D eigenvalue weighted by Gasteiger charge is -1.98. The van der Waals surface area contributed by atoms with Crippen LogP contribution in [0.3, 0.4) is 0 Å². The van der Waals surface area contributed by atoms with E-state index >= 15 is 0 Å². The number of carbonyl (C=O) groups is 2. The molecule has 0 aliphatic carbocycles. The minimum Gasteiger partial charge on any atom is -0.466 e. The van der Waals surface area contributed by atoms with Crippen molar-refractivity contribution in [2.75, 3.05) is 7.11 Å². The van der Waals surface area contributed by atoms with Crippen molar-refractivity contribution >= 4 is 17.7 Å². The monoisotopic (exact) mass is 218 g/mol. The Morgan fingerprint density at radius 3 is 2.88 bits per heavy atom. The molecule has 0 atom stereocenters. The molecule has 1 aromatic rings. The van der Waals surface area contributed by atoms with E-state index in [0.717, 1.165) is 5.56 Å². The normalized spacial score (nSPS) is 15.9. The average Bonchev–Trinajstić information content (AvgIpc) is 2.57. The van der Waals surface area contributed by atoms with Crippen LogP contribution < -0.4 is 0 Å². The molecule has 1 aliphatic heterocycles. The number of fused-ring (bicyclic) bond motifs is 1. The van der Waals surface area contributed by atoms with E-state index in [1.807, 2.05) is 13.0 Å². The summed E-state index contributed by atoms with van der Waals surface area (Å²) in [5.41, 5.74) is 1.98. The van der Waals surface area contributed by atoms with Gasteiger partial charge in [0.05, 0.1) is 18.7 Å². The van der Waals surface area contributed by atoms with Gasteiger partial charge >= 0.3 is 11.9 Å². The molecule has 0 aromatic heterocycles. The van der Waals surface area contributed by atoms with Gasteiger partial charge in [0.2, 0.25) is 0 Å². The average molecular weight is 218 g/mol. The second-order valence-electron chi connectivity index (χ2n) is 3.42. The van der Waals surface area contributed by atoms with Crippen molar-refractivity contribution in [3.05, 3.63) is 41.0 Å². The molecule has 1 aliphatic rings. The van der Waals surface area contributed by atoms with Crippen molar-refractivity contribution in [3.63, 3.8) is 0 Å². The van der Waals surface area contributed by atoms with E-state index in [1.165, 1.54) is 13.2 Å². The van der Waals surface area contributed by atoms with Crippen molar-refractivity contribution in [2.24, 2.45) is 0 Å². The topological polar surface area (TPSA) is 52.6 Å². The van der Waals surface area contributed by atoms with E-state index in [1.54, 1.807) is 12.1 Å². The maximum atomic E-state index is 11.6. The van der Waals surface area contributed by atoms with Crippen LogP contribution in [0.4, 0.5) is 0 Å². The van der Waals surface area contributed by atoms with Crippen LogP contribution in [0, 0.1) is 6.92 Å². The Kier molecular flexibility index (Phi) is 2.48. The summed E-state index contributed by atoms with van der Waals surface area (Å²) in [5.74, 6) is -0.726. The summed E-state index contributed by atoms with van der Waals surface area (Å²) in [6.45, 7) is 1.82. The quantitative estimate of drug-likeness (QED) is 0.531. The number of hydrogen-bond acceptors (Lipinski definition) is 4. The van der Waals surface area contributed by atoms with E-state index in [4.69, 9.17) is 4.74 Å². The van der Waals surface area contributed by atoms with Gasteiger partial charge in [0.15, 0.2) is 0 Å². The van der Waals surface area contributed by atoms with Crippen LogP contribution in [-0.4, -0.2) is 19.0 Å². The van der Waals surface area contributed by atoms with Crippen molar-refractivity contribution in [3.8, 4) is 0 Å². The van der Waals surface area contributed by atoms with Crippen LogP contribution in [0.5, 0.6) is 0 Å². The molecule has 2 rings (SSSR count). The number of carbonyl (C=O) groups excluding carboxylic acids is 2. The first kappa shape index (κ1) is 10.4. The maximum Gasteiger partial charge on any atom is 0.344 e. The molecule has 0 amide bonds. The number of rotatable bonds is 1. The predicted molar refractivity (Wildman–Crippen MR) is 56.6 cm³/mol. The van der Waals surface area contributed by atoms with E-state index in [-0.39, 0.29) is 5.76 Å². The molecule has 0 spiro atoms. The largest absolute Gasteiger partial charge is 0.466 e. The van der Waals surface area contributed by atoms with Crippen LogP contribution in [0.2, 0.25) is 0 Å². The van der Waals surface area contributed by atoms with Crippen molar-refractivity contribution < 1.29 is 19.1 Å². The predicted octanol–water partition coefficient (Wildman–Crippen LogP) is 1.68. The first-order valence-corrected chi connectivity index (χ1v) is 4.75. The summed E-state index contributed by atoms with van der Waals surface area (Å²) in [6, 6.07) is 5.37. The maximum absolute atomic E-state index is 11.6. The van der Waals surface area contributed by atoms with Gasteiger partial charge in [-0.2, -0.15) is 0 Å². The van der Waals surface area contributed by atoms with Gasteiger partial charge in [-0.3, -0.25) is 0 Å². The van der Waals surface area contributed by atoms with Gasteiger partial charge in [0, 0.05) is 5.56 Å². The highest BCUT2D eigenvalue weighted by Gasteiger charge is 2.28. The molecular formula is C12H10O4. The van der Waals surface area contributed by atoms with Gasteiger partial charge in [0.1, 0.15) is 5.76 Å². The number of esters is 2. The molecule has 0 N–H and O–H groups in total. The molecule has 4 nitrogen and oxygen atoms in total. The van der Waals surface area contributed by atoms with Crippen molar-refractivity contribution in [1.82, 2.24) is 0 Å². The van der Waals surface area contributed by atoms with Gasteiger partial charge in [-0.1, -0.05) is 18.2 Å². The Morgan fingerprint density at radius 1 is 1.44 bits per heavy atom. The Labute approximate surface area is 92.5 Å². The van der Waals surface area contributed by atoms with Crippen LogP contribution in [-0.2, 0) is 14.3 Å². The number of benzene rings is 1. The molecule has 0 bridgehead atoms. The van der Waals surface area contributed by atoms with E-state index < -0.39 is 11.9 Å². The molecule has 0 saturated carbocycles. The molecule has 1 heterocycles. The van der Waals surface area contributed by atoms with Gasteiger partial charge < -0.3 is 9.47 Å². The smallest absolute Gasteiger partial charge is 0.344 e. The standard InChI is InChI=1S/C12H10O4/c1-7-4-3-5-8-9(6-10(13)15-2)16-12(14)11(7)8/h3-6H,1-2H3/b9-6-. The van der Waals surface area contributed by atoms with Crippen molar-refractivity contribution in [1.29, 1.82) is 0 Å². The third-order valence-corrected chi connectivity index (χ3v) is 2.40. The first-order chi connectivity index (χ1) is 7.63. The second kappa shape index (κ2) is 3.81. The highest BCUT2D eigenvalue weighted by molar-refractivity contribution is 6.06. The second-order valence-corrected chi connectivity index (χ2v) is 3.42. The third-order valence-electron chi connectivity index (χ3n) is 2.40. The minimum atomic E-state index is -0.544. The van der Waals surface area contributed by atoms with Crippen LogP contribution >= 0.6 is 0 Å². The number of ether oxygens (including phenoxy) is 2. The summed E-state index contributed by atoms with van der Waals surface area (Å²) in [6.07, 6.45) is 1.17. The van der Waals surface area contributed by atoms with Crippen LogP contribution in [0.25, 0.3) is 5.76 Å². The minimum absolute atomic E-state index is 0.246. The molecule has 1 aromatic carbocycles. The number of aryl methyl sites for hydroxylation is 1. The van der Waals surface area contributed by atoms with Crippen molar-refractivity contribution in [2.45, 2.75) is 6.92 Å². The highest BCUT2D eigenvalue weighted by Crippen LogP contribution is 2.31. The summed E-state index contributed by atoms with van der Waals surface area (Å²) in [5, 5.41) is 0. The Hall–Kier alpha value is -2.10. The lowest BCUT2D eigenvalue weighted by atomic mass is 10.0. The Bertz CT molecular complexity index is 500. The molecular weight excluding hydrogens is 208 g/mol. The zero-order chi connectivity index (χ0) is 11.7. The van der Waals surface area contributed by atoms with E-state index in [9.17, 15) is 9.59 Å². The van der Waals surface area contributed by atoms with E-state index in [0.29, 0.717) is 11.1 Å². The SMILES string of the molecule is COC(=O)/C=C1\OC(=O)c2c(C)cccc21. The zero-order valence-electron chi connectivity index (χ0n) is 8.94. The highest BCUT2D eigenvalue weighted by atomic mass is 16.5. The summed E-state index contributed by atoms with van der Waals surface area (Å²) in [4.78, 5) is 22.6. The molecule has 0 saturated heterocycles. The Morgan fingerprint density at radius 2 is 2.19 bits per heavy atom. The zero-order valence-corrected chi connectivity index (χ0v) is 8.94. The fraction of sp³-hybridized carbons (Fsp3) is 0.167. The summed E-state index contributed by atoms with van der Waals surface area (Å²) in [7, 11) is 1.27. The number of methoxy groups -OCH3 is 1. The molecule has 82 valence electrons. The summed E-state index contributed by atoms with van der Waals surface area (Å²) < 4.78 is 9.49. The Balaban J connectivity index is 2.52. The first-order valence-electron chi connectivity index (χ1n) is 4.75. The molecule has 0 unspecified atom stereocenters. The molecule has 16 heavy (non-hydrogen) atoms. The van der Waals surface area contributed by atoms with Gasteiger partial charge in [-0.15, -0.1) is 0 Å². The molecule has 0 fully saturated rings. The lowest BCUT2D eigenvalue weighted by Crippen LogP contribution is -1.97. The molecule has 0 radical (unpaired) electrons. The lowest BCUT2D eigenvalue weighted by molar-refractivity contribution is -0.134.